The molecule has 1 N–H and O–H groups in total. The minimum atomic E-state index is -0.328. The van der Waals surface area contributed by atoms with Gasteiger partial charge in [0.05, 0.1) is 28.1 Å². The van der Waals surface area contributed by atoms with Crippen molar-refractivity contribution in [2.75, 3.05) is 5.32 Å². The van der Waals surface area contributed by atoms with Crippen LogP contribution in [0.3, 0.4) is 0 Å². The van der Waals surface area contributed by atoms with Gasteiger partial charge in [0.2, 0.25) is 0 Å². The third-order valence-corrected chi connectivity index (χ3v) is 3.81. The Balaban J connectivity index is 1.86. The molecule has 0 aliphatic heterocycles. The number of tetrazole rings is 1. The van der Waals surface area contributed by atoms with Gasteiger partial charge in [0.25, 0.3) is 0 Å². The van der Waals surface area contributed by atoms with E-state index in [0.717, 1.165) is 10.7 Å². The number of benzene rings is 1. The highest BCUT2D eigenvalue weighted by Crippen LogP contribution is 2.24. The van der Waals surface area contributed by atoms with E-state index in [2.05, 4.69) is 25.8 Å². The molecule has 0 aliphatic carbocycles. The van der Waals surface area contributed by atoms with Crippen molar-refractivity contribution < 1.29 is 4.39 Å². The van der Waals surface area contributed by atoms with E-state index in [1.807, 2.05) is 19.2 Å². The molecule has 1 unspecified atom stereocenters. The van der Waals surface area contributed by atoms with Crippen LogP contribution in [0.5, 0.6) is 0 Å². The lowest BCUT2D eigenvalue weighted by Gasteiger charge is -2.14. The van der Waals surface area contributed by atoms with Crippen LogP contribution in [0.25, 0.3) is 5.69 Å². The van der Waals surface area contributed by atoms with E-state index >= 15 is 0 Å². The van der Waals surface area contributed by atoms with Crippen LogP contribution in [-0.2, 0) is 0 Å². The zero-order chi connectivity index (χ0) is 14.8. The molecule has 0 radical (unpaired) electrons. The molecule has 0 aliphatic rings. The largest absolute Gasteiger partial charge is 0.374 e. The first-order chi connectivity index (χ1) is 10.1. The van der Waals surface area contributed by atoms with Gasteiger partial charge in [-0.25, -0.2) is 14.1 Å². The summed E-state index contributed by atoms with van der Waals surface area (Å²) < 4.78 is 15.4. The molecule has 0 fully saturated rings. The smallest absolute Gasteiger partial charge is 0.146 e. The number of nitrogens with one attached hydrogen (secondary N) is 1. The van der Waals surface area contributed by atoms with Gasteiger partial charge in [0, 0.05) is 5.38 Å². The fourth-order valence-corrected chi connectivity index (χ4v) is 2.64. The Morgan fingerprint density at radius 3 is 2.90 bits per heavy atom. The standard InChI is InChI=1S/C13H13FN6S/c1-8(13-6-21-9(2)17-13)16-12-5-10(3-4-11(12)14)20-7-15-18-19-20/h3-8,16H,1-2H3. The molecule has 0 saturated heterocycles. The third kappa shape index (κ3) is 2.89. The quantitative estimate of drug-likeness (QED) is 0.802. The number of anilines is 1. The lowest BCUT2D eigenvalue weighted by Crippen LogP contribution is -2.09. The highest BCUT2D eigenvalue weighted by atomic mass is 32.1. The SMILES string of the molecule is Cc1nc(C(C)Nc2cc(-n3cnnn3)ccc2F)cs1. The summed E-state index contributed by atoms with van der Waals surface area (Å²) in [6.07, 6.45) is 1.46. The monoisotopic (exact) mass is 304 g/mol. The van der Waals surface area contributed by atoms with Gasteiger partial charge in [-0.1, -0.05) is 0 Å². The van der Waals surface area contributed by atoms with Crippen LogP contribution in [0.15, 0.2) is 29.9 Å². The van der Waals surface area contributed by atoms with Crippen LogP contribution in [-0.4, -0.2) is 25.2 Å². The molecule has 0 amide bonds. The molecule has 108 valence electrons. The lowest BCUT2D eigenvalue weighted by molar-refractivity contribution is 0.626. The summed E-state index contributed by atoms with van der Waals surface area (Å²) in [6.45, 7) is 3.89. The van der Waals surface area contributed by atoms with E-state index in [0.29, 0.717) is 11.4 Å². The maximum absolute atomic E-state index is 14.0. The minimum Gasteiger partial charge on any atom is -0.374 e. The highest BCUT2D eigenvalue weighted by Gasteiger charge is 2.12. The summed E-state index contributed by atoms with van der Waals surface area (Å²) >= 11 is 1.57. The number of rotatable bonds is 4. The van der Waals surface area contributed by atoms with Crippen LogP contribution in [0.1, 0.15) is 23.7 Å². The van der Waals surface area contributed by atoms with Crippen LogP contribution in [0.2, 0.25) is 0 Å². The van der Waals surface area contributed by atoms with Gasteiger partial charge in [-0.15, -0.1) is 16.4 Å². The van der Waals surface area contributed by atoms with Gasteiger partial charge in [0.15, 0.2) is 0 Å². The van der Waals surface area contributed by atoms with Crippen LogP contribution in [0.4, 0.5) is 10.1 Å². The Labute approximate surface area is 124 Å². The topological polar surface area (TPSA) is 68.5 Å². The van der Waals surface area contributed by atoms with E-state index in [9.17, 15) is 4.39 Å². The molecule has 0 bridgehead atoms. The second-order valence-corrected chi connectivity index (χ2v) is 5.64. The second-order valence-electron chi connectivity index (χ2n) is 4.58. The molecule has 21 heavy (non-hydrogen) atoms. The van der Waals surface area contributed by atoms with Crippen molar-refractivity contribution in [2.45, 2.75) is 19.9 Å². The number of halogens is 1. The number of hydrogen-bond acceptors (Lipinski definition) is 6. The third-order valence-electron chi connectivity index (χ3n) is 3.02. The predicted molar refractivity (Wildman–Crippen MR) is 78.0 cm³/mol. The zero-order valence-electron chi connectivity index (χ0n) is 11.5. The average Bonchev–Trinajstić information content (AvgIpc) is 3.12. The molecular formula is C13H13FN6S. The van der Waals surface area contributed by atoms with E-state index < -0.39 is 0 Å². The molecule has 1 atom stereocenters. The summed E-state index contributed by atoms with van der Waals surface area (Å²) in [4.78, 5) is 4.40. The van der Waals surface area contributed by atoms with Gasteiger partial charge in [-0.05, 0) is 42.5 Å². The summed E-state index contributed by atoms with van der Waals surface area (Å²) in [5, 5.41) is 17.0. The molecule has 0 saturated carbocycles. The van der Waals surface area contributed by atoms with Gasteiger partial charge in [-0.2, -0.15) is 0 Å². The van der Waals surface area contributed by atoms with Crippen LogP contribution in [0, 0.1) is 12.7 Å². The Morgan fingerprint density at radius 2 is 2.24 bits per heavy atom. The van der Waals surface area contributed by atoms with Crippen molar-refractivity contribution >= 4 is 17.0 Å². The predicted octanol–water partition coefficient (Wildman–Crippen LogP) is 2.74. The molecular weight excluding hydrogens is 291 g/mol. The Kier molecular flexibility index (Phi) is 3.61. The zero-order valence-corrected chi connectivity index (χ0v) is 12.3. The molecule has 2 heterocycles. The van der Waals surface area contributed by atoms with Crippen molar-refractivity contribution in [3.63, 3.8) is 0 Å². The number of nitrogens with zero attached hydrogens (tertiary/aromatic N) is 5. The molecule has 2 aromatic heterocycles. The Bertz CT molecular complexity index is 739. The number of aryl methyl sites for hydroxylation is 1. The first kappa shape index (κ1) is 13.6. The number of hydrogen-bond donors (Lipinski definition) is 1. The van der Waals surface area contributed by atoms with Crippen LogP contribution >= 0.6 is 11.3 Å². The molecule has 3 rings (SSSR count). The summed E-state index contributed by atoms with van der Waals surface area (Å²) in [5.74, 6) is -0.328. The summed E-state index contributed by atoms with van der Waals surface area (Å²) in [6, 6.07) is 4.59. The maximum atomic E-state index is 14.0. The summed E-state index contributed by atoms with van der Waals surface area (Å²) in [5.41, 5.74) is 1.97. The second kappa shape index (κ2) is 5.57. The van der Waals surface area contributed by atoms with Gasteiger partial charge < -0.3 is 5.32 Å². The van der Waals surface area contributed by atoms with E-state index in [4.69, 9.17) is 0 Å². The van der Waals surface area contributed by atoms with Gasteiger partial charge in [0.1, 0.15) is 12.1 Å². The Morgan fingerprint density at radius 1 is 1.38 bits per heavy atom. The fraction of sp³-hybridized carbons (Fsp3) is 0.231. The first-order valence-electron chi connectivity index (χ1n) is 6.35. The van der Waals surface area contributed by atoms with Crippen molar-refractivity contribution in [1.29, 1.82) is 0 Å². The fourth-order valence-electron chi connectivity index (χ4n) is 1.93. The van der Waals surface area contributed by atoms with Crippen molar-refractivity contribution in [3.05, 3.63) is 46.4 Å². The summed E-state index contributed by atoms with van der Waals surface area (Å²) in [7, 11) is 0. The van der Waals surface area contributed by atoms with E-state index in [1.165, 1.54) is 17.1 Å². The first-order valence-corrected chi connectivity index (χ1v) is 7.23. The molecule has 0 spiro atoms. The highest BCUT2D eigenvalue weighted by molar-refractivity contribution is 7.09. The molecule has 8 heteroatoms. The van der Waals surface area contributed by atoms with Crippen molar-refractivity contribution in [1.82, 2.24) is 25.2 Å². The number of aromatic nitrogens is 5. The Hall–Kier alpha value is -2.35. The average molecular weight is 304 g/mol. The van der Waals surface area contributed by atoms with Crippen molar-refractivity contribution in [3.8, 4) is 5.69 Å². The van der Waals surface area contributed by atoms with Gasteiger partial charge in [-0.3, -0.25) is 0 Å². The maximum Gasteiger partial charge on any atom is 0.146 e. The molecule has 1 aromatic carbocycles. The number of thiazole rings is 1. The van der Waals surface area contributed by atoms with E-state index in [1.54, 1.807) is 23.5 Å². The lowest BCUT2D eigenvalue weighted by atomic mass is 10.2. The van der Waals surface area contributed by atoms with Crippen molar-refractivity contribution in [2.24, 2.45) is 0 Å². The minimum absolute atomic E-state index is 0.0893. The van der Waals surface area contributed by atoms with Gasteiger partial charge >= 0.3 is 0 Å². The van der Waals surface area contributed by atoms with E-state index in [-0.39, 0.29) is 11.9 Å². The normalized spacial score (nSPS) is 12.3. The van der Waals surface area contributed by atoms with Crippen LogP contribution < -0.4 is 5.32 Å². The molecule has 3 aromatic rings. The molecule has 6 nitrogen and oxygen atoms in total.